The Morgan fingerprint density at radius 1 is 1.20 bits per heavy atom. The van der Waals surface area contributed by atoms with E-state index in [1.807, 2.05) is 0 Å². The molecule has 0 spiro atoms. The van der Waals surface area contributed by atoms with E-state index >= 15 is 0 Å². The fraction of sp³-hybridized carbons (Fsp3) is 0.562. The molecule has 0 aliphatic heterocycles. The van der Waals surface area contributed by atoms with Gasteiger partial charge in [0.1, 0.15) is 5.78 Å². The van der Waals surface area contributed by atoms with Gasteiger partial charge in [-0.05, 0) is 30.5 Å². The molecule has 1 rings (SSSR count). The predicted molar refractivity (Wildman–Crippen MR) is 77.9 cm³/mol. The molecule has 0 heterocycles. The van der Waals surface area contributed by atoms with Crippen LogP contribution in [0.15, 0.2) is 18.2 Å². The highest BCUT2D eigenvalue weighted by Gasteiger charge is 2.11. The summed E-state index contributed by atoms with van der Waals surface area (Å²) in [5, 5.41) is 28.3. The van der Waals surface area contributed by atoms with E-state index in [-0.39, 0.29) is 23.7 Å². The topological polar surface area (TPSA) is 77.8 Å². The zero-order valence-electron chi connectivity index (χ0n) is 12.0. The van der Waals surface area contributed by atoms with Crippen LogP contribution in [0.25, 0.3) is 0 Å². The number of carbonyl (C=O) groups excluding carboxylic acids is 1. The first-order valence-electron chi connectivity index (χ1n) is 7.23. The number of Topliss-reactive ketones (excluding diaryl/α,β-unsaturated/α-hetero) is 1. The van der Waals surface area contributed by atoms with Gasteiger partial charge in [-0.2, -0.15) is 0 Å². The lowest BCUT2D eigenvalue weighted by Gasteiger charge is -2.09. The predicted octanol–water partition coefficient (Wildman–Crippen LogP) is 2.93. The van der Waals surface area contributed by atoms with Crippen molar-refractivity contribution in [2.45, 2.75) is 58.0 Å². The van der Waals surface area contributed by atoms with Crippen molar-refractivity contribution < 1.29 is 20.1 Å². The Morgan fingerprint density at radius 2 is 1.95 bits per heavy atom. The summed E-state index contributed by atoms with van der Waals surface area (Å²) in [4.78, 5) is 11.7. The average Bonchev–Trinajstić information content (AvgIpc) is 2.40. The molecular weight excluding hydrogens is 256 g/mol. The summed E-state index contributed by atoms with van der Waals surface area (Å²) in [6, 6.07) is 4.55. The van der Waals surface area contributed by atoms with Crippen molar-refractivity contribution in [3.8, 4) is 11.5 Å². The zero-order chi connectivity index (χ0) is 15.0. The van der Waals surface area contributed by atoms with Crippen LogP contribution in [0.2, 0.25) is 0 Å². The molecule has 0 aliphatic carbocycles. The van der Waals surface area contributed by atoms with Gasteiger partial charge in [0.25, 0.3) is 0 Å². The molecule has 0 saturated heterocycles. The van der Waals surface area contributed by atoms with Gasteiger partial charge in [0.15, 0.2) is 11.5 Å². The van der Waals surface area contributed by atoms with Crippen molar-refractivity contribution in [1.29, 1.82) is 0 Å². The molecule has 20 heavy (non-hydrogen) atoms. The molecule has 0 aliphatic rings. The minimum absolute atomic E-state index is 0.0292. The number of aryl methyl sites for hydroxylation is 1. The van der Waals surface area contributed by atoms with Gasteiger partial charge in [-0.15, -0.1) is 0 Å². The fourth-order valence-electron chi connectivity index (χ4n) is 2.11. The van der Waals surface area contributed by atoms with E-state index in [4.69, 9.17) is 0 Å². The molecule has 0 saturated carbocycles. The average molecular weight is 280 g/mol. The summed E-state index contributed by atoms with van der Waals surface area (Å²) in [5.41, 5.74) is 0.800. The number of phenolic OH excluding ortho intramolecular Hbond substituents is 2. The van der Waals surface area contributed by atoms with Crippen LogP contribution in [0.5, 0.6) is 11.5 Å². The standard InChI is InChI=1S/C16H24O4/c1-2-3-4-5-13(17)11-14(18)8-6-12-7-9-15(19)16(20)10-12/h7,9-10,13,17,19-20H,2-6,8,11H2,1H3/t13-/m0/s1. The third kappa shape index (κ3) is 6.06. The van der Waals surface area contributed by atoms with Crippen LogP contribution in [0.3, 0.4) is 0 Å². The Morgan fingerprint density at radius 3 is 2.60 bits per heavy atom. The highest BCUT2D eigenvalue weighted by Crippen LogP contribution is 2.25. The van der Waals surface area contributed by atoms with E-state index in [2.05, 4.69) is 6.92 Å². The molecule has 4 heteroatoms. The van der Waals surface area contributed by atoms with Crippen LogP contribution in [0.1, 0.15) is 51.0 Å². The lowest BCUT2D eigenvalue weighted by molar-refractivity contribution is -0.121. The van der Waals surface area contributed by atoms with Crippen molar-refractivity contribution >= 4 is 5.78 Å². The van der Waals surface area contributed by atoms with E-state index in [0.717, 1.165) is 24.8 Å². The van der Waals surface area contributed by atoms with Gasteiger partial charge in [-0.25, -0.2) is 0 Å². The minimum atomic E-state index is -0.540. The first-order valence-corrected chi connectivity index (χ1v) is 7.23. The second-order valence-corrected chi connectivity index (χ2v) is 5.22. The van der Waals surface area contributed by atoms with Crippen molar-refractivity contribution in [3.05, 3.63) is 23.8 Å². The molecule has 0 radical (unpaired) electrons. The number of benzene rings is 1. The summed E-state index contributed by atoms with van der Waals surface area (Å²) in [6.07, 6.45) is 4.33. The first kappa shape index (κ1) is 16.5. The molecule has 1 aromatic rings. The quantitative estimate of drug-likeness (QED) is 0.480. The monoisotopic (exact) mass is 280 g/mol. The first-order chi connectivity index (χ1) is 9.52. The molecule has 0 aromatic heterocycles. The van der Waals surface area contributed by atoms with Gasteiger partial charge in [0.05, 0.1) is 6.10 Å². The molecule has 4 nitrogen and oxygen atoms in total. The third-order valence-corrected chi connectivity index (χ3v) is 3.34. The highest BCUT2D eigenvalue weighted by molar-refractivity contribution is 5.79. The van der Waals surface area contributed by atoms with Gasteiger partial charge in [0, 0.05) is 12.8 Å². The number of aromatic hydroxyl groups is 2. The van der Waals surface area contributed by atoms with Crippen LogP contribution in [0.4, 0.5) is 0 Å². The van der Waals surface area contributed by atoms with E-state index in [9.17, 15) is 20.1 Å². The molecule has 3 N–H and O–H groups in total. The number of hydrogen-bond acceptors (Lipinski definition) is 4. The van der Waals surface area contributed by atoms with Crippen molar-refractivity contribution in [1.82, 2.24) is 0 Å². The van der Waals surface area contributed by atoms with Crippen LogP contribution < -0.4 is 0 Å². The summed E-state index contributed by atoms with van der Waals surface area (Å²) in [5.74, 6) is -0.303. The second-order valence-electron chi connectivity index (χ2n) is 5.22. The van der Waals surface area contributed by atoms with E-state index < -0.39 is 6.10 Å². The lowest BCUT2D eigenvalue weighted by Crippen LogP contribution is -2.13. The number of ketones is 1. The Labute approximate surface area is 120 Å². The van der Waals surface area contributed by atoms with Gasteiger partial charge >= 0.3 is 0 Å². The highest BCUT2D eigenvalue weighted by atomic mass is 16.3. The SMILES string of the molecule is CCCCC[C@H](O)CC(=O)CCc1ccc(O)c(O)c1. The third-order valence-electron chi connectivity index (χ3n) is 3.34. The summed E-state index contributed by atoms with van der Waals surface area (Å²) in [7, 11) is 0. The fourth-order valence-corrected chi connectivity index (χ4v) is 2.11. The van der Waals surface area contributed by atoms with Crippen LogP contribution in [0, 0.1) is 0 Å². The normalized spacial score (nSPS) is 12.3. The second kappa shape index (κ2) is 8.59. The number of phenols is 2. The maximum absolute atomic E-state index is 11.7. The molecule has 0 amide bonds. The number of rotatable bonds is 9. The molecule has 1 aromatic carbocycles. The van der Waals surface area contributed by atoms with E-state index in [1.54, 1.807) is 6.07 Å². The maximum atomic E-state index is 11.7. The van der Waals surface area contributed by atoms with Crippen molar-refractivity contribution in [2.24, 2.45) is 0 Å². The smallest absolute Gasteiger partial charge is 0.157 e. The Kier molecular flexibility index (Phi) is 7.09. The Hall–Kier alpha value is -1.55. The molecule has 0 unspecified atom stereocenters. The largest absolute Gasteiger partial charge is 0.504 e. The number of aliphatic hydroxyl groups excluding tert-OH is 1. The summed E-state index contributed by atoms with van der Waals surface area (Å²) in [6.45, 7) is 2.10. The molecular formula is C16H24O4. The number of unbranched alkanes of at least 4 members (excludes halogenated alkanes) is 2. The van der Waals surface area contributed by atoms with Gasteiger partial charge in [-0.3, -0.25) is 4.79 Å². The Bertz CT molecular complexity index is 428. The van der Waals surface area contributed by atoms with Crippen LogP contribution in [-0.2, 0) is 11.2 Å². The molecule has 0 bridgehead atoms. The van der Waals surface area contributed by atoms with Crippen molar-refractivity contribution in [2.75, 3.05) is 0 Å². The molecule has 1 atom stereocenters. The summed E-state index contributed by atoms with van der Waals surface area (Å²) >= 11 is 0. The lowest BCUT2D eigenvalue weighted by atomic mass is 10.0. The van der Waals surface area contributed by atoms with Crippen LogP contribution in [-0.4, -0.2) is 27.2 Å². The van der Waals surface area contributed by atoms with E-state index in [1.165, 1.54) is 12.1 Å². The number of carbonyl (C=O) groups is 1. The molecule has 0 fully saturated rings. The summed E-state index contributed by atoms with van der Waals surface area (Å²) < 4.78 is 0. The zero-order valence-corrected chi connectivity index (χ0v) is 12.0. The number of hydrogen-bond donors (Lipinski definition) is 3. The van der Waals surface area contributed by atoms with Gasteiger partial charge < -0.3 is 15.3 Å². The Balaban J connectivity index is 2.30. The van der Waals surface area contributed by atoms with E-state index in [0.29, 0.717) is 19.3 Å². The maximum Gasteiger partial charge on any atom is 0.157 e. The van der Waals surface area contributed by atoms with Crippen molar-refractivity contribution in [3.63, 3.8) is 0 Å². The molecule has 112 valence electrons. The minimum Gasteiger partial charge on any atom is -0.504 e. The number of aliphatic hydroxyl groups is 1. The van der Waals surface area contributed by atoms with Gasteiger partial charge in [-0.1, -0.05) is 32.3 Å². The van der Waals surface area contributed by atoms with Gasteiger partial charge in [0.2, 0.25) is 0 Å². The van der Waals surface area contributed by atoms with Crippen LogP contribution >= 0.6 is 0 Å².